The first-order valence-electron chi connectivity index (χ1n) is 9.38. The van der Waals surface area contributed by atoms with E-state index < -0.39 is 0 Å². The highest BCUT2D eigenvalue weighted by atomic mass is 16.2. The molecule has 5 heteroatoms. The molecule has 1 aromatic heterocycles. The summed E-state index contributed by atoms with van der Waals surface area (Å²) in [5, 5.41) is 2.99. The molecule has 1 aliphatic heterocycles. The van der Waals surface area contributed by atoms with Crippen LogP contribution in [0.15, 0.2) is 42.6 Å². The Balaban J connectivity index is 1.43. The Bertz CT molecular complexity index is 721. The van der Waals surface area contributed by atoms with Gasteiger partial charge in [0.15, 0.2) is 0 Å². The third kappa shape index (κ3) is 5.13. The lowest BCUT2D eigenvalue weighted by Gasteiger charge is -2.34. The smallest absolute Gasteiger partial charge is 0.238 e. The predicted molar refractivity (Wildman–Crippen MR) is 105 cm³/mol. The molecular weight excluding hydrogens is 324 g/mol. The molecule has 0 bridgehead atoms. The number of nitrogens with one attached hydrogen (secondary N) is 1. The van der Waals surface area contributed by atoms with Crippen LogP contribution in [0.2, 0.25) is 0 Å². The fourth-order valence-electron chi connectivity index (χ4n) is 3.23. The Labute approximate surface area is 156 Å². The van der Waals surface area contributed by atoms with Crippen molar-refractivity contribution in [2.24, 2.45) is 0 Å². The number of carbonyl (C=O) groups excluding carboxylic acids is 1. The predicted octanol–water partition coefficient (Wildman–Crippen LogP) is 2.71. The molecule has 2 heterocycles. The van der Waals surface area contributed by atoms with E-state index in [1.807, 2.05) is 24.4 Å². The fourth-order valence-corrected chi connectivity index (χ4v) is 3.23. The first-order chi connectivity index (χ1) is 12.6. The normalized spacial score (nSPS) is 15.8. The maximum atomic E-state index is 12.3. The molecule has 5 nitrogen and oxygen atoms in total. The van der Waals surface area contributed by atoms with E-state index in [1.165, 1.54) is 11.1 Å². The van der Waals surface area contributed by atoms with Gasteiger partial charge in [-0.15, -0.1) is 0 Å². The molecule has 1 N–H and O–H groups in total. The number of aryl methyl sites for hydroxylation is 2. The minimum Gasteiger partial charge on any atom is -0.325 e. The minimum absolute atomic E-state index is 0.0586. The summed E-state index contributed by atoms with van der Waals surface area (Å²) < 4.78 is 0. The van der Waals surface area contributed by atoms with Crippen LogP contribution in [0, 0.1) is 6.92 Å². The topological polar surface area (TPSA) is 48.5 Å². The molecule has 2 aromatic rings. The Hall–Kier alpha value is -2.24. The summed E-state index contributed by atoms with van der Waals surface area (Å²) in [6.45, 7) is 9.33. The van der Waals surface area contributed by atoms with E-state index in [9.17, 15) is 4.79 Å². The molecule has 3 rings (SSSR count). The molecule has 1 amide bonds. The number of hydrogen-bond acceptors (Lipinski definition) is 4. The van der Waals surface area contributed by atoms with Crippen molar-refractivity contribution >= 4 is 11.6 Å². The molecule has 0 radical (unpaired) electrons. The quantitative estimate of drug-likeness (QED) is 0.868. The van der Waals surface area contributed by atoms with Crippen molar-refractivity contribution in [1.29, 1.82) is 0 Å². The van der Waals surface area contributed by atoms with E-state index in [2.05, 4.69) is 52.1 Å². The number of pyridine rings is 1. The van der Waals surface area contributed by atoms with Gasteiger partial charge in [0.2, 0.25) is 5.91 Å². The average molecular weight is 352 g/mol. The van der Waals surface area contributed by atoms with Gasteiger partial charge < -0.3 is 5.32 Å². The summed E-state index contributed by atoms with van der Waals surface area (Å²) in [6, 6.07) is 12.2. The third-order valence-electron chi connectivity index (χ3n) is 4.97. The van der Waals surface area contributed by atoms with Crippen molar-refractivity contribution in [3.8, 4) is 0 Å². The number of anilines is 1. The number of rotatable bonds is 6. The summed E-state index contributed by atoms with van der Waals surface area (Å²) in [6.07, 6.45) is 2.87. The van der Waals surface area contributed by atoms with E-state index in [0.29, 0.717) is 6.54 Å². The molecule has 1 fully saturated rings. The zero-order valence-corrected chi connectivity index (χ0v) is 15.7. The fraction of sp³-hybridized carbons (Fsp3) is 0.429. The van der Waals surface area contributed by atoms with Gasteiger partial charge in [0, 0.05) is 44.6 Å². The van der Waals surface area contributed by atoms with Crippen LogP contribution in [0.5, 0.6) is 0 Å². The molecule has 0 unspecified atom stereocenters. The zero-order valence-electron chi connectivity index (χ0n) is 15.7. The highest BCUT2D eigenvalue weighted by Crippen LogP contribution is 2.12. The van der Waals surface area contributed by atoms with Crippen LogP contribution >= 0.6 is 0 Å². The Morgan fingerprint density at radius 3 is 2.42 bits per heavy atom. The van der Waals surface area contributed by atoms with E-state index in [1.54, 1.807) is 0 Å². The lowest BCUT2D eigenvalue weighted by Crippen LogP contribution is -2.48. The maximum Gasteiger partial charge on any atom is 0.238 e. The first-order valence-corrected chi connectivity index (χ1v) is 9.38. The summed E-state index contributed by atoms with van der Waals surface area (Å²) in [5.41, 5.74) is 4.54. The van der Waals surface area contributed by atoms with Gasteiger partial charge in [-0.1, -0.05) is 25.1 Å². The molecule has 1 aliphatic rings. The van der Waals surface area contributed by atoms with Crippen molar-refractivity contribution < 1.29 is 4.79 Å². The number of amides is 1. The van der Waals surface area contributed by atoms with Crippen LogP contribution in [-0.4, -0.2) is 53.4 Å². The van der Waals surface area contributed by atoms with E-state index in [4.69, 9.17) is 0 Å². The molecule has 138 valence electrons. The van der Waals surface area contributed by atoms with Gasteiger partial charge in [-0.3, -0.25) is 19.6 Å². The second-order valence-corrected chi connectivity index (χ2v) is 6.92. The summed E-state index contributed by atoms with van der Waals surface area (Å²) in [7, 11) is 0. The molecule has 26 heavy (non-hydrogen) atoms. The summed E-state index contributed by atoms with van der Waals surface area (Å²) in [5.74, 6) is 0.0586. The van der Waals surface area contributed by atoms with Crippen molar-refractivity contribution in [3.05, 3.63) is 59.4 Å². The number of hydrogen-bond donors (Lipinski definition) is 1. The van der Waals surface area contributed by atoms with Crippen LogP contribution < -0.4 is 5.32 Å². The van der Waals surface area contributed by atoms with Crippen LogP contribution in [-0.2, 0) is 17.8 Å². The molecular formula is C21H28N4O. The molecule has 1 aromatic carbocycles. The molecule has 0 saturated carbocycles. The maximum absolute atomic E-state index is 12.3. The molecule has 0 spiro atoms. The van der Waals surface area contributed by atoms with Crippen molar-refractivity contribution in [2.75, 3.05) is 38.0 Å². The van der Waals surface area contributed by atoms with Crippen LogP contribution in [0.4, 0.5) is 5.69 Å². The minimum atomic E-state index is 0.0586. The molecule has 0 atom stereocenters. The van der Waals surface area contributed by atoms with Gasteiger partial charge in [0.05, 0.1) is 12.2 Å². The average Bonchev–Trinajstić information content (AvgIpc) is 2.66. The van der Waals surface area contributed by atoms with Gasteiger partial charge in [-0.25, -0.2) is 0 Å². The SMILES string of the molecule is CCc1ccc(NC(=O)CN2CCN(Cc3ncccc3C)CC2)cc1. The van der Waals surface area contributed by atoms with Crippen molar-refractivity contribution in [3.63, 3.8) is 0 Å². The number of aromatic nitrogens is 1. The van der Waals surface area contributed by atoms with Gasteiger partial charge in [-0.05, 0) is 42.7 Å². The Kier molecular flexibility index (Phi) is 6.36. The molecule has 0 aliphatic carbocycles. The third-order valence-corrected chi connectivity index (χ3v) is 4.97. The lowest BCUT2D eigenvalue weighted by atomic mass is 10.1. The van der Waals surface area contributed by atoms with Crippen LogP contribution in [0.1, 0.15) is 23.7 Å². The second-order valence-electron chi connectivity index (χ2n) is 6.92. The van der Waals surface area contributed by atoms with Gasteiger partial charge in [-0.2, -0.15) is 0 Å². The van der Waals surface area contributed by atoms with E-state index >= 15 is 0 Å². The van der Waals surface area contributed by atoms with Gasteiger partial charge in [0.25, 0.3) is 0 Å². The Morgan fingerprint density at radius 1 is 1.08 bits per heavy atom. The van der Waals surface area contributed by atoms with E-state index in [-0.39, 0.29) is 5.91 Å². The van der Waals surface area contributed by atoms with E-state index in [0.717, 1.165) is 50.5 Å². The number of piperazine rings is 1. The van der Waals surface area contributed by atoms with Crippen LogP contribution in [0.25, 0.3) is 0 Å². The number of carbonyl (C=O) groups is 1. The van der Waals surface area contributed by atoms with Gasteiger partial charge in [0.1, 0.15) is 0 Å². The van der Waals surface area contributed by atoms with Crippen molar-refractivity contribution in [2.45, 2.75) is 26.8 Å². The Morgan fingerprint density at radius 2 is 1.77 bits per heavy atom. The first kappa shape index (κ1) is 18.5. The second kappa shape index (κ2) is 8.92. The van der Waals surface area contributed by atoms with Crippen molar-refractivity contribution in [1.82, 2.24) is 14.8 Å². The zero-order chi connectivity index (χ0) is 18.4. The highest BCUT2D eigenvalue weighted by molar-refractivity contribution is 5.92. The molecule has 1 saturated heterocycles. The number of nitrogens with zero attached hydrogens (tertiary/aromatic N) is 3. The highest BCUT2D eigenvalue weighted by Gasteiger charge is 2.19. The monoisotopic (exact) mass is 352 g/mol. The largest absolute Gasteiger partial charge is 0.325 e. The van der Waals surface area contributed by atoms with Gasteiger partial charge >= 0.3 is 0 Å². The summed E-state index contributed by atoms with van der Waals surface area (Å²) >= 11 is 0. The lowest BCUT2D eigenvalue weighted by molar-refractivity contribution is -0.117. The van der Waals surface area contributed by atoms with Crippen LogP contribution in [0.3, 0.4) is 0 Å². The standard InChI is InChI=1S/C21H28N4O/c1-3-18-6-8-19(9-7-18)23-21(26)16-25-13-11-24(12-14-25)15-20-17(2)5-4-10-22-20/h4-10H,3,11-16H2,1-2H3,(H,23,26). The summed E-state index contributed by atoms with van der Waals surface area (Å²) in [4.78, 5) is 21.4. The number of benzene rings is 1.